The first-order valence-electron chi connectivity index (χ1n) is 6.05. The average molecular weight is 237 g/mol. The molecule has 1 aliphatic heterocycles. The summed E-state index contributed by atoms with van der Waals surface area (Å²) >= 11 is 0. The molecule has 0 bridgehead atoms. The van der Waals surface area contributed by atoms with Gasteiger partial charge < -0.3 is 20.3 Å². The Kier molecular flexibility index (Phi) is 3.74. The van der Waals surface area contributed by atoms with Crippen LogP contribution in [0.25, 0.3) is 0 Å². The van der Waals surface area contributed by atoms with Gasteiger partial charge in [-0.05, 0) is 24.9 Å². The molecule has 3 N–H and O–H groups in total. The summed E-state index contributed by atoms with van der Waals surface area (Å²) in [5.41, 5.74) is 6.42. The van der Waals surface area contributed by atoms with Gasteiger partial charge in [0.1, 0.15) is 5.75 Å². The lowest BCUT2D eigenvalue weighted by Crippen LogP contribution is -2.05. The Morgan fingerprint density at radius 1 is 1.29 bits per heavy atom. The number of benzene rings is 1. The maximum atomic E-state index is 9.98. The second-order valence-electron chi connectivity index (χ2n) is 4.39. The van der Waals surface area contributed by atoms with Crippen LogP contribution >= 0.6 is 0 Å². The third-order valence-corrected chi connectivity index (χ3v) is 3.03. The Bertz CT molecular complexity index is 392. The number of phenols is 1. The minimum absolute atomic E-state index is 0.220. The third kappa shape index (κ3) is 2.64. The Labute approximate surface area is 101 Å². The Morgan fingerprint density at radius 2 is 1.94 bits per heavy atom. The van der Waals surface area contributed by atoms with Gasteiger partial charge in [-0.1, -0.05) is 6.92 Å². The molecule has 0 radical (unpaired) electrons. The monoisotopic (exact) mass is 237 g/mol. The lowest BCUT2D eigenvalue weighted by atomic mass is 9.96. The molecule has 4 heteroatoms. The highest BCUT2D eigenvalue weighted by molar-refractivity contribution is 5.51. The van der Waals surface area contributed by atoms with Gasteiger partial charge in [0.15, 0.2) is 11.5 Å². The van der Waals surface area contributed by atoms with Crippen LogP contribution in [0.1, 0.15) is 31.2 Å². The molecule has 0 aliphatic carbocycles. The molecule has 2 rings (SSSR count). The predicted octanol–water partition coefficient (Wildman–Crippen LogP) is 2.01. The molecule has 0 amide bonds. The molecule has 1 atom stereocenters. The molecule has 1 aromatic carbocycles. The fourth-order valence-electron chi connectivity index (χ4n) is 2.01. The zero-order valence-corrected chi connectivity index (χ0v) is 10.1. The van der Waals surface area contributed by atoms with E-state index in [0.29, 0.717) is 25.5 Å². The van der Waals surface area contributed by atoms with Crippen molar-refractivity contribution in [2.75, 3.05) is 19.8 Å². The van der Waals surface area contributed by atoms with E-state index in [9.17, 15) is 5.11 Å². The fraction of sp³-hybridized carbons (Fsp3) is 0.538. The molecule has 0 fully saturated rings. The van der Waals surface area contributed by atoms with E-state index in [1.54, 1.807) is 6.07 Å². The van der Waals surface area contributed by atoms with Crippen molar-refractivity contribution in [1.29, 1.82) is 0 Å². The van der Waals surface area contributed by atoms with Crippen molar-refractivity contribution < 1.29 is 14.6 Å². The largest absolute Gasteiger partial charge is 0.508 e. The molecular formula is C13H19NO3. The molecule has 0 saturated carbocycles. The van der Waals surface area contributed by atoms with Gasteiger partial charge in [-0.15, -0.1) is 0 Å². The minimum atomic E-state index is 0.220. The van der Waals surface area contributed by atoms with E-state index in [2.05, 4.69) is 0 Å². The van der Waals surface area contributed by atoms with E-state index in [0.717, 1.165) is 24.2 Å². The van der Waals surface area contributed by atoms with Crippen molar-refractivity contribution in [3.05, 3.63) is 17.7 Å². The number of ether oxygens (including phenoxy) is 2. The summed E-state index contributed by atoms with van der Waals surface area (Å²) in [5, 5.41) is 9.98. The van der Waals surface area contributed by atoms with Crippen LogP contribution in [0.4, 0.5) is 0 Å². The Hall–Kier alpha value is -1.42. The number of nitrogens with two attached hydrogens (primary N) is 1. The highest BCUT2D eigenvalue weighted by Crippen LogP contribution is 2.39. The zero-order valence-electron chi connectivity index (χ0n) is 10.1. The molecule has 0 spiro atoms. The van der Waals surface area contributed by atoms with Gasteiger partial charge in [-0.25, -0.2) is 0 Å². The quantitative estimate of drug-likeness (QED) is 0.844. The topological polar surface area (TPSA) is 64.7 Å². The first-order chi connectivity index (χ1) is 8.22. The second-order valence-corrected chi connectivity index (χ2v) is 4.39. The van der Waals surface area contributed by atoms with Crippen molar-refractivity contribution in [3.8, 4) is 17.2 Å². The van der Waals surface area contributed by atoms with Crippen LogP contribution in [0.2, 0.25) is 0 Å². The van der Waals surface area contributed by atoms with Gasteiger partial charge in [-0.2, -0.15) is 0 Å². The first kappa shape index (κ1) is 12.0. The lowest BCUT2D eigenvalue weighted by molar-refractivity contribution is 0.296. The number of aromatic hydroxyl groups is 1. The number of phenolic OH excluding ortho intramolecular Hbond substituents is 1. The van der Waals surface area contributed by atoms with E-state index in [4.69, 9.17) is 15.2 Å². The maximum Gasteiger partial charge on any atom is 0.164 e. The lowest BCUT2D eigenvalue weighted by Gasteiger charge is -2.16. The molecule has 94 valence electrons. The van der Waals surface area contributed by atoms with Crippen LogP contribution in [0.3, 0.4) is 0 Å². The van der Waals surface area contributed by atoms with Crippen molar-refractivity contribution in [2.45, 2.75) is 25.7 Å². The number of fused-ring (bicyclic) bond motifs is 1. The van der Waals surface area contributed by atoms with Crippen LogP contribution in [0.15, 0.2) is 12.1 Å². The van der Waals surface area contributed by atoms with Crippen LogP contribution in [0.5, 0.6) is 17.2 Å². The summed E-state index contributed by atoms with van der Waals surface area (Å²) in [4.78, 5) is 0. The maximum absolute atomic E-state index is 9.98. The molecule has 0 saturated heterocycles. The number of hydrogen-bond donors (Lipinski definition) is 2. The smallest absolute Gasteiger partial charge is 0.164 e. The van der Waals surface area contributed by atoms with E-state index < -0.39 is 0 Å². The van der Waals surface area contributed by atoms with Crippen molar-refractivity contribution >= 4 is 0 Å². The molecule has 4 nitrogen and oxygen atoms in total. The average Bonchev–Trinajstić information content (AvgIpc) is 2.52. The normalized spacial score (nSPS) is 16.4. The highest BCUT2D eigenvalue weighted by atomic mass is 16.5. The summed E-state index contributed by atoms with van der Waals surface area (Å²) in [7, 11) is 0. The second kappa shape index (κ2) is 5.27. The van der Waals surface area contributed by atoms with Crippen molar-refractivity contribution in [3.63, 3.8) is 0 Å². The summed E-state index contributed by atoms with van der Waals surface area (Å²) in [5.74, 6) is 1.83. The van der Waals surface area contributed by atoms with Crippen LogP contribution < -0.4 is 15.2 Å². The number of rotatable bonds is 3. The number of hydrogen-bond acceptors (Lipinski definition) is 4. The first-order valence-corrected chi connectivity index (χ1v) is 6.05. The van der Waals surface area contributed by atoms with Crippen LogP contribution in [0, 0.1) is 0 Å². The molecular weight excluding hydrogens is 218 g/mol. The molecule has 17 heavy (non-hydrogen) atoms. The van der Waals surface area contributed by atoms with Gasteiger partial charge in [0.05, 0.1) is 13.2 Å². The highest BCUT2D eigenvalue weighted by Gasteiger charge is 2.17. The van der Waals surface area contributed by atoms with Gasteiger partial charge >= 0.3 is 0 Å². The Balaban J connectivity index is 2.31. The standard InChI is InChI=1S/C13H19NO3/c1-9(3-4-14)10-7-12-13(8-11(10)15)17-6-2-5-16-12/h7-9,15H,2-6,14H2,1H3. The fourth-order valence-corrected chi connectivity index (χ4v) is 2.01. The van der Waals surface area contributed by atoms with Gasteiger partial charge in [0, 0.05) is 18.1 Å². The van der Waals surface area contributed by atoms with E-state index in [-0.39, 0.29) is 11.7 Å². The summed E-state index contributed by atoms with van der Waals surface area (Å²) in [6, 6.07) is 3.51. The van der Waals surface area contributed by atoms with E-state index in [1.807, 2.05) is 13.0 Å². The van der Waals surface area contributed by atoms with Gasteiger partial charge in [0.25, 0.3) is 0 Å². The zero-order chi connectivity index (χ0) is 12.3. The van der Waals surface area contributed by atoms with E-state index >= 15 is 0 Å². The van der Waals surface area contributed by atoms with Crippen LogP contribution in [-0.4, -0.2) is 24.9 Å². The third-order valence-electron chi connectivity index (χ3n) is 3.03. The van der Waals surface area contributed by atoms with Crippen molar-refractivity contribution in [2.24, 2.45) is 5.73 Å². The summed E-state index contributed by atoms with van der Waals surface area (Å²) in [6.45, 7) is 3.94. The van der Waals surface area contributed by atoms with E-state index in [1.165, 1.54) is 0 Å². The molecule has 1 aromatic rings. The predicted molar refractivity (Wildman–Crippen MR) is 65.8 cm³/mol. The molecule has 1 aliphatic rings. The summed E-state index contributed by atoms with van der Waals surface area (Å²) < 4.78 is 11.1. The molecule has 1 heterocycles. The summed E-state index contributed by atoms with van der Waals surface area (Å²) in [6.07, 6.45) is 1.70. The van der Waals surface area contributed by atoms with Crippen LogP contribution in [-0.2, 0) is 0 Å². The van der Waals surface area contributed by atoms with Gasteiger partial charge in [0.2, 0.25) is 0 Å². The SMILES string of the molecule is CC(CCN)c1cc2c(cc1O)OCCCO2. The van der Waals surface area contributed by atoms with Crippen molar-refractivity contribution in [1.82, 2.24) is 0 Å². The molecule has 0 aromatic heterocycles. The minimum Gasteiger partial charge on any atom is -0.508 e. The Morgan fingerprint density at radius 3 is 2.59 bits per heavy atom. The molecule has 1 unspecified atom stereocenters. The van der Waals surface area contributed by atoms with Gasteiger partial charge in [-0.3, -0.25) is 0 Å².